The van der Waals surface area contributed by atoms with Crippen molar-refractivity contribution in [2.45, 2.75) is 20.4 Å². The van der Waals surface area contributed by atoms with Gasteiger partial charge < -0.3 is 10.3 Å². The number of nitro groups is 1. The zero-order chi connectivity index (χ0) is 19.7. The van der Waals surface area contributed by atoms with E-state index in [1.54, 1.807) is 19.9 Å². The van der Waals surface area contributed by atoms with Crippen LogP contribution in [0.15, 0.2) is 46.0 Å². The van der Waals surface area contributed by atoms with Crippen LogP contribution in [0.25, 0.3) is 10.9 Å². The van der Waals surface area contributed by atoms with Gasteiger partial charge >= 0.3 is 5.69 Å². The second-order valence-electron chi connectivity index (χ2n) is 5.90. The van der Waals surface area contributed by atoms with Gasteiger partial charge in [0.2, 0.25) is 0 Å². The molecule has 27 heavy (non-hydrogen) atoms. The van der Waals surface area contributed by atoms with Gasteiger partial charge in [0, 0.05) is 18.2 Å². The molecule has 1 heterocycles. The molecule has 0 saturated heterocycles. The van der Waals surface area contributed by atoms with Crippen LogP contribution >= 0.6 is 0 Å². The van der Waals surface area contributed by atoms with Gasteiger partial charge in [-0.3, -0.25) is 24.3 Å². The lowest BCUT2D eigenvalue weighted by Gasteiger charge is -2.09. The van der Waals surface area contributed by atoms with E-state index in [1.165, 1.54) is 30.3 Å². The zero-order valence-electron chi connectivity index (χ0n) is 14.6. The van der Waals surface area contributed by atoms with E-state index in [-0.39, 0.29) is 23.3 Å². The number of fused-ring (bicyclic) bond motifs is 1. The van der Waals surface area contributed by atoms with E-state index in [0.29, 0.717) is 16.6 Å². The largest absolute Gasteiger partial charge is 0.328 e. The van der Waals surface area contributed by atoms with Gasteiger partial charge in [0.15, 0.2) is 0 Å². The lowest BCUT2D eigenvalue weighted by molar-refractivity contribution is -0.385. The third-order valence-corrected chi connectivity index (χ3v) is 4.31. The van der Waals surface area contributed by atoms with Crippen molar-refractivity contribution in [2.75, 3.05) is 5.32 Å². The Bertz CT molecular complexity index is 1190. The number of rotatable bonds is 4. The number of nitro benzene ring substituents is 1. The summed E-state index contributed by atoms with van der Waals surface area (Å²) < 4.78 is 1.06. The maximum absolute atomic E-state index is 12.5. The van der Waals surface area contributed by atoms with Crippen molar-refractivity contribution in [3.63, 3.8) is 0 Å². The zero-order valence-corrected chi connectivity index (χ0v) is 14.6. The van der Waals surface area contributed by atoms with E-state index >= 15 is 0 Å². The highest BCUT2D eigenvalue weighted by Crippen LogP contribution is 2.25. The molecule has 0 aliphatic rings. The van der Waals surface area contributed by atoms with Crippen molar-refractivity contribution in [3.05, 3.63) is 78.5 Å². The summed E-state index contributed by atoms with van der Waals surface area (Å²) in [6.07, 6.45) is 0. The third kappa shape index (κ3) is 3.22. The smallest absolute Gasteiger partial charge is 0.321 e. The molecule has 0 aliphatic heterocycles. The van der Waals surface area contributed by atoms with Gasteiger partial charge in [-0.05, 0) is 38.1 Å². The number of aromatic nitrogens is 2. The molecule has 138 valence electrons. The molecule has 3 aromatic rings. The Morgan fingerprint density at radius 2 is 2.00 bits per heavy atom. The van der Waals surface area contributed by atoms with Crippen molar-refractivity contribution < 1.29 is 9.72 Å². The fourth-order valence-electron chi connectivity index (χ4n) is 2.83. The average molecular weight is 368 g/mol. The van der Waals surface area contributed by atoms with Crippen molar-refractivity contribution in [1.29, 1.82) is 0 Å². The second-order valence-corrected chi connectivity index (χ2v) is 5.90. The number of hydrogen-bond donors (Lipinski definition) is 2. The average Bonchev–Trinajstić information content (AvgIpc) is 2.63. The lowest BCUT2D eigenvalue weighted by atomic mass is 10.1. The van der Waals surface area contributed by atoms with Crippen LogP contribution in [-0.2, 0) is 6.54 Å². The maximum atomic E-state index is 12.5. The van der Waals surface area contributed by atoms with Crippen LogP contribution in [0, 0.1) is 17.0 Å². The van der Waals surface area contributed by atoms with Crippen LogP contribution in [0.1, 0.15) is 22.8 Å². The van der Waals surface area contributed by atoms with Gasteiger partial charge in [-0.15, -0.1) is 0 Å². The van der Waals surface area contributed by atoms with Crippen LogP contribution in [-0.4, -0.2) is 20.4 Å². The van der Waals surface area contributed by atoms with Crippen molar-refractivity contribution in [1.82, 2.24) is 9.55 Å². The number of hydrogen-bond acceptors (Lipinski definition) is 5. The molecule has 0 unspecified atom stereocenters. The molecule has 0 radical (unpaired) electrons. The molecule has 0 atom stereocenters. The van der Waals surface area contributed by atoms with Crippen LogP contribution in [0.3, 0.4) is 0 Å². The third-order valence-electron chi connectivity index (χ3n) is 4.31. The predicted molar refractivity (Wildman–Crippen MR) is 100 cm³/mol. The monoisotopic (exact) mass is 368 g/mol. The Kier molecular flexibility index (Phi) is 4.59. The molecule has 2 aromatic carbocycles. The Balaban J connectivity index is 2.00. The molecule has 0 bridgehead atoms. The van der Waals surface area contributed by atoms with Crippen LogP contribution in [0.2, 0.25) is 0 Å². The SMILES string of the molecule is CCn1c(=O)[nH]c2cc(C(=O)Nc3cccc([N+](=O)[O-])c3C)ccc2c1=O. The van der Waals surface area contributed by atoms with Gasteiger partial charge in [-0.2, -0.15) is 0 Å². The van der Waals surface area contributed by atoms with Crippen molar-refractivity contribution in [2.24, 2.45) is 0 Å². The van der Waals surface area contributed by atoms with Gasteiger partial charge in [0.25, 0.3) is 17.2 Å². The number of amides is 1. The number of nitrogens with zero attached hydrogens (tertiary/aromatic N) is 2. The summed E-state index contributed by atoms with van der Waals surface area (Å²) in [7, 11) is 0. The van der Waals surface area contributed by atoms with Crippen LogP contribution < -0.4 is 16.6 Å². The highest BCUT2D eigenvalue weighted by atomic mass is 16.6. The summed E-state index contributed by atoms with van der Waals surface area (Å²) in [4.78, 5) is 49.8. The highest BCUT2D eigenvalue weighted by molar-refractivity contribution is 6.06. The first-order chi connectivity index (χ1) is 12.8. The minimum Gasteiger partial charge on any atom is -0.321 e. The summed E-state index contributed by atoms with van der Waals surface area (Å²) in [6.45, 7) is 3.46. The van der Waals surface area contributed by atoms with E-state index in [4.69, 9.17) is 0 Å². The topological polar surface area (TPSA) is 127 Å². The maximum Gasteiger partial charge on any atom is 0.328 e. The number of aromatic amines is 1. The number of benzene rings is 2. The van der Waals surface area contributed by atoms with E-state index < -0.39 is 22.1 Å². The first kappa shape index (κ1) is 18.1. The molecule has 3 rings (SSSR count). The molecule has 0 spiro atoms. The number of carbonyl (C=O) groups is 1. The fraction of sp³-hybridized carbons (Fsp3) is 0.167. The number of anilines is 1. The Morgan fingerprint density at radius 3 is 2.67 bits per heavy atom. The normalized spacial score (nSPS) is 10.7. The van der Waals surface area contributed by atoms with E-state index in [1.807, 2.05) is 0 Å². The lowest BCUT2D eigenvalue weighted by Crippen LogP contribution is -2.34. The molecule has 0 saturated carbocycles. The first-order valence-corrected chi connectivity index (χ1v) is 8.15. The summed E-state index contributed by atoms with van der Waals surface area (Å²) in [5, 5.41) is 13.9. The van der Waals surface area contributed by atoms with E-state index in [9.17, 15) is 24.5 Å². The number of H-pyrrole nitrogens is 1. The van der Waals surface area contributed by atoms with Crippen LogP contribution in [0.5, 0.6) is 0 Å². The van der Waals surface area contributed by atoms with Gasteiger partial charge in [0.05, 0.1) is 27.1 Å². The quantitative estimate of drug-likeness (QED) is 0.539. The summed E-state index contributed by atoms with van der Waals surface area (Å²) >= 11 is 0. The number of nitrogens with one attached hydrogen (secondary N) is 2. The molecule has 9 nitrogen and oxygen atoms in total. The molecule has 1 amide bonds. The Labute approximate surface area is 152 Å². The summed E-state index contributed by atoms with van der Waals surface area (Å²) in [5.41, 5.74) is 0.00599. The van der Waals surface area contributed by atoms with E-state index in [2.05, 4.69) is 10.3 Å². The number of carbonyl (C=O) groups excluding carboxylic acids is 1. The Morgan fingerprint density at radius 1 is 1.26 bits per heavy atom. The minimum atomic E-state index is -0.554. The highest BCUT2D eigenvalue weighted by Gasteiger charge is 2.16. The molecule has 0 fully saturated rings. The molecule has 0 aliphatic carbocycles. The predicted octanol–water partition coefficient (Wildman–Crippen LogP) is 2.18. The summed E-state index contributed by atoms with van der Waals surface area (Å²) in [6, 6.07) is 8.72. The second kappa shape index (κ2) is 6.87. The standard InChI is InChI=1S/C18H16N4O5/c1-3-21-17(24)12-8-7-11(9-14(12)20-18(21)25)16(23)19-13-5-4-6-15(10(13)2)22(26)27/h4-9H,3H2,1-2H3,(H,19,23)(H,20,25). The van der Waals surface area contributed by atoms with Crippen molar-refractivity contribution in [3.8, 4) is 0 Å². The molecule has 9 heteroatoms. The molecular formula is C18H16N4O5. The van der Waals surface area contributed by atoms with Crippen LogP contribution in [0.4, 0.5) is 11.4 Å². The molecule has 2 N–H and O–H groups in total. The Hall–Kier alpha value is -3.75. The minimum absolute atomic E-state index is 0.101. The molecule has 1 aromatic heterocycles. The van der Waals surface area contributed by atoms with Gasteiger partial charge in [-0.25, -0.2) is 4.79 Å². The van der Waals surface area contributed by atoms with Gasteiger partial charge in [0.1, 0.15) is 0 Å². The first-order valence-electron chi connectivity index (χ1n) is 8.15. The van der Waals surface area contributed by atoms with Crippen molar-refractivity contribution >= 4 is 28.2 Å². The fourth-order valence-corrected chi connectivity index (χ4v) is 2.83. The van der Waals surface area contributed by atoms with Gasteiger partial charge in [-0.1, -0.05) is 6.07 Å². The summed E-state index contributed by atoms with van der Waals surface area (Å²) in [5.74, 6) is -0.513. The van der Waals surface area contributed by atoms with E-state index in [0.717, 1.165) is 4.57 Å². The molecular weight excluding hydrogens is 352 g/mol.